The number of aromatic nitrogens is 3. The van der Waals surface area contributed by atoms with Crippen LogP contribution in [0, 0.1) is 0 Å². The van der Waals surface area contributed by atoms with Gasteiger partial charge in [0.05, 0.1) is 0 Å². The molecule has 0 bridgehead atoms. The Morgan fingerprint density at radius 1 is 1.22 bits per heavy atom. The molecule has 32 heavy (non-hydrogen) atoms. The van der Waals surface area contributed by atoms with Gasteiger partial charge in [-0.05, 0) is 37.9 Å². The van der Waals surface area contributed by atoms with E-state index in [4.69, 9.17) is 0 Å². The summed E-state index contributed by atoms with van der Waals surface area (Å²) < 4.78 is 1.86. The highest BCUT2D eigenvalue weighted by Crippen LogP contribution is 2.26. The van der Waals surface area contributed by atoms with Gasteiger partial charge in [0.1, 0.15) is 18.0 Å². The molecule has 1 aliphatic rings. The number of hydrogen-bond donors (Lipinski definition) is 2. The Morgan fingerprint density at radius 2 is 2.06 bits per heavy atom. The van der Waals surface area contributed by atoms with Gasteiger partial charge in [0, 0.05) is 79.5 Å². The molecular formula is C23H26N8O. The molecule has 4 rings (SSSR count). The predicted molar refractivity (Wildman–Crippen MR) is 129 cm³/mol. The molecule has 1 amide bonds. The van der Waals surface area contributed by atoms with Crippen molar-refractivity contribution in [2.24, 2.45) is 9.98 Å². The van der Waals surface area contributed by atoms with E-state index in [1.165, 1.54) is 6.20 Å². The number of nitrogens with zero attached hydrogens (tertiary/aromatic N) is 6. The van der Waals surface area contributed by atoms with Gasteiger partial charge in [-0.25, -0.2) is 9.97 Å². The van der Waals surface area contributed by atoms with E-state index in [-0.39, 0.29) is 12.5 Å². The molecule has 2 N–H and O–H groups in total. The van der Waals surface area contributed by atoms with Crippen molar-refractivity contribution in [2.75, 3.05) is 36.4 Å². The summed E-state index contributed by atoms with van der Waals surface area (Å²) in [6.07, 6.45) is 8.47. The number of nitrogens with one attached hydrogen (secondary N) is 2. The van der Waals surface area contributed by atoms with Crippen molar-refractivity contribution in [1.82, 2.24) is 19.9 Å². The van der Waals surface area contributed by atoms with Crippen molar-refractivity contribution >= 4 is 40.9 Å². The summed E-state index contributed by atoms with van der Waals surface area (Å²) in [7, 11) is 0. The van der Waals surface area contributed by atoms with Crippen molar-refractivity contribution in [1.29, 1.82) is 0 Å². The van der Waals surface area contributed by atoms with E-state index in [1.54, 1.807) is 24.7 Å². The molecule has 0 saturated carbocycles. The Labute approximate surface area is 186 Å². The molecular weight excluding hydrogens is 404 g/mol. The Hall–Kier alpha value is -3.85. The number of fused-ring (bicyclic) bond motifs is 1. The molecule has 3 aromatic rings. The molecule has 3 aromatic heterocycles. The van der Waals surface area contributed by atoms with Crippen LogP contribution >= 0.6 is 0 Å². The number of pyridine rings is 2. The summed E-state index contributed by atoms with van der Waals surface area (Å²) in [5, 5.41) is 7.27. The standard InChI is InChI=1S/C23H26N8O/c1-17(26-9-8-24-2)18-3-4-21(28-15-18)29-22(32)16-31-12-6-19-20(5-7-27-23(19)31)30-13-10-25-11-14-30/h3-9,12,15,25H,2,10-11,13-14,16H2,1H3,(H,28,29,32)/b9-8-,26-17?. The Balaban J connectivity index is 1.43. The largest absolute Gasteiger partial charge is 0.368 e. The first-order chi connectivity index (χ1) is 15.7. The van der Waals surface area contributed by atoms with Gasteiger partial charge in [-0.3, -0.25) is 14.8 Å². The van der Waals surface area contributed by atoms with Crippen LogP contribution in [0.25, 0.3) is 11.0 Å². The van der Waals surface area contributed by atoms with Crippen molar-refractivity contribution < 1.29 is 4.79 Å². The minimum Gasteiger partial charge on any atom is -0.368 e. The lowest BCUT2D eigenvalue weighted by Crippen LogP contribution is -2.43. The van der Waals surface area contributed by atoms with Gasteiger partial charge >= 0.3 is 0 Å². The molecule has 1 fully saturated rings. The number of piperazine rings is 1. The lowest BCUT2D eigenvalue weighted by Gasteiger charge is -2.29. The summed E-state index contributed by atoms with van der Waals surface area (Å²) in [6, 6.07) is 7.69. The van der Waals surface area contributed by atoms with Crippen molar-refractivity contribution in [3.63, 3.8) is 0 Å². The maximum Gasteiger partial charge on any atom is 0.245 e. The smallest absolute Gasteiger partial charge is 0.245 e. The molecule has 164 valence electrons. The zero-order valence-electron chi connectivity index (χ0n) is 18.0. The van der Waals surface area contributed by atoms with E-state index in [0.29, 0.717) is 5.82 Å². The molecule has 0 radical (unpaired) electrons. The molecule has 1 aliphatic heterocycles. The third kappa shape index (κ3) is 4.89. The number of anilines is 2. The average Bonchev–Trinajstić information content (AvgIpc) is 3.23. The fourth-order valence-electron chi connectivity index (χ4n) is 3.67. The maximum absolute atomic E-state index is 12.6. The number of aliphatic imine (C=N–C) groups is 2. The van der Waals surface area contributed by atoms with E-state index >= 15 is 0 Å². The summed E-state index contributed by atoms with van der Waals surface area (Å²) in [5.74, 6) is 0.322. The first kappa shape index (κ1) is 21.4. The zero-order chi connectivity index (χ0) is 22.3. The second-order valence-electron chi connectivity index (χ2n) is 7.42. The second kappa shape index (κ2) is 9.97. The van der Waals surface area contributed by atoms with Crippen molar-refractivity contribution in [3.05, 3.63) is 60.8 Å². The lowest BCUT2D eigenvalue weighted by molar-refractivity contribution is -0.116. The molecule has 9 nitrogen and oxygen atoms in total. The van der Waals surface area contributed by atoms with Crippen LogP contribution in [0.2, 0.25) is 0 Å². The Morgan fingerprint density at radius 3 is 2.81 bits per heavy atom. The number of carbonyl (C=O) groups excluding carboxylic acids is 1. The van der Waals surface area contributed by atoms with Gasteiger partial charge in [-0.15, -0.1) is 0 Å². The van der Waals surface area contributed by atoms with Crippen molar-refractivity contribution in [3.8, 4) is 0 Å². The van der Waals surface area contributed by atoms with E-state index in [2.05, 4.69) is 42.2 Å². The third-order valence-corrected chi connectivity index (χ3v) is 5.30. The number of hydrogen-bond acceptors (Lipinski definition) is 7. The van der Waals surface area contributed by atoms with Crippen LogP contribution in [0.3, 0.4) is 0 Å². The number of carbonyl (C=O) groups is 1. The van der Waals surface area contributed by atoms with E-state index in [9.17, 15) is 4.79 Å². The van der Waals surface area contributed by atoms with Gasteiger partial charge in [0.25, 0.3) is 0 Å². The van der Waals surface area contributed by atoms with Gasteiger partial charge < -0.3 is 20.1 Å². The molecule has 4 heterocycles. The fourth-order valence-corrected chi connectivity index (χ4v) is 3.67. The van der Waals surface area contributed by atoms with Gasteiger partial charge in [-0.1, -0.05) is 0 Å². The van der Waals surface area contributed by atoms with E-state index in [0.717, 1.165) is 54.2 Å². The highest BCUT2D eigenvalue weighted by Gasteiger charge is 2.16. The van der Waals surface area contributed by atoms with E-state index < -0.39 is 0 Å². The highest BCUT2D eigenvalue weighted by atomic mass is 16.2. The molecule has 1 saturated heterocycles. The van der Waals surface area contributed by atoms with Gasteiger partial charge in [0.15, 0.2) is 0 Å². The minimum atomic E-state index is -0.164. The van der Waals surface area contributed by atoms with Crippen LogP contribution in [0.4, 0.5) is 11.5 Å². The van der Waals surface area contributed by atoms with Gasteiger partial charge in [0.2, 0.25) is 5.91 Å². The third-order valence-electron chi connectivity index (χ3n) is 5.30. The van der Waals surface area contributed by atoms with Crippen LogP contribution in [0.1, 0.15) is 12.5 Å². The molecule has 0 aromatic carbocycles. The maximum atomic E-state index is 12.6. The monoisotopic (exact) mass is 430 g/mol. The molecule has 9 heteroatoms. The zero-order valence-corrected chi connectivity index (χ0v) is 18.0. The molecule has 0 spiro atoms. The predicted octanol–water partition coefficient (Wildman–Crippen LogP) is 2.46. The molecule has 0 unspecified atom stereocenters. The molecule has 0 atom stereocenters. The minimum absolute atomic E-state index is 0.158. The van der Waals surface area contributed by atoms with Crippen LogP contribution in [0.5, 0.6) is 0 Å². The average molecular weight is 431 g/mol. The highest BCUT2D eigenvalue weighted by molar-refractivity contribution is 5.99. The summed E-state index contributed by atoms with van der Waals surface area (Å²) in [4.78, 5) is 31.7. The van der Waals surface area contributed by atoms with Crippen molar-refractivity contribution in [2.45, 2.75) is 13.5 Å². The van der Waals surface area contributed by atoms with Crippen LogP contribution < -0.4 is 15.5 Å². The van der Waals surface area contributed by atoms with Gasteiger partial charge in [-0.2, -0.15) is 0 Å². The molecule has 0 aliphatic carbocycles. The Bertz CT molecular complexity index is 1160. The quantitative estimate of drug-likeness (QED) is 0.561. The second-order valence-corrected chi connectivity index (χ2v) is 7.42. The number of rotatable bonds is 7. The summed E-state index contributed by atoms with van der Waals surface area (Å²) >= 11 is 0. The summed E-state index contributed by atoms with van der Waals surface area (Å²) in [6.45, 7) is 9.25. The summed E-state index contributed by atoms with van der Waals surface area (Å²) in [5.41, 5.74) is 3.61. The fraction of sp³-hybridized carbons (Fsp3) is 0.261. The van der Waals surface area contributed by atoms with Crippen LogP contribution in [0.15, 0.2) is 65.2 Å². The van der Waals surface area contributed by atoms with Crippen LogP contribution in [-0.2, 0) is 11.3 Å². The normalized spacial score (nSPS) is 14.8. The first-order valence-corrected chi connectivity index (χ1v) is 10.5. The lowest BCUT2D eigenvalue weighted by atomic mass is 10.2. The number of amides is 1. The van der Waals surface area contributed by atoms with Crippen LogP contribution in [-0.4, -0.2) is 59.1 Å². The first-order valence-electron chi connectivity index (χ1n) is 10.5. The topological polar surface area (TPSA) is 99.8 Å². The SMILES string of the molecule is C=N/C=C\N=C(C)c1ccc(NC(=O)Cn2ccc3c(N4CCNCC4)ccnc32)nc1. The van der Waals surface area contributed by atoms with E-state index in [1.807, 2.05) is 35.9 Å². The Kier molecular flexibility index (Phi) is 6.66.